The van der Waals surface area contributed by atoms with Crippen molar-refractivity contribution < 1.29 is 4.79 Å². The van der Waals surface area contributed by atoms with Gasteiger partial charge in [-0.05, 0) is 70.0 Å². The fraction of sp³-hybridized carbons (Fsp3) is 0.938. The van der Waals surface area contributed by atoms with Crippen LogP contribution in [0.2, 0.25) is 0 Å². The molecular weight excluding hydrogens is 236 g/mol. The minimum atomic E-state index is 0.353. The highest BCUT2D eigenvalue weighted by atomic mass is 16.1. The number of nitrogens with one attached hydrogen (secondary N) is 1. The molecule has 1 amide bonds. The molecule has 0 spiro atoms. The lowest BCUT2D eigenvalue weighted by Crippen LogP contribution is -2.36. The second-order valence-corrected chi connectivity index (χ2v) is 6.83. The SMILES string of the molecule is O=C(NCCCN1CCCCC1)C1CC2CCC1C2. The van der Waals surface area contributed by atoms with E-state index < -0.39 is 0 Å². The van der Waals surface area contributed by atoms with Crippen LogP contribution in [0.25, 0.3) is 0 Å². The van der Waals surface area contributed by atoms with E-state index in [2.05, 4.69) is 10.2 Å². The Kier molecular flexibility index (Phi) is 4.42. The number of carbonyl (C=O) groups is 1. The average Bonchev–Trinajstić information content (AvgIpc) is 3.07. The van der Waals surface area contributed by atoms with E-state index >= 15 is 0 Å². The predicted octanol–water partition coefficient (Wildman–Crippen LogP) is 2.41. The second-order valence-electron chi connectivity index (χ2n) is 6.83. The molecule has 3 fully saturated rings. The van der Waals surface area contributed by atoms with Crippen molar-refractivity contribution in [2.24, 2.45) is 17.8 Å². The number of piperidine rings is 1. The van der Waals surface area contributed by atoms with Crippen LogP contribution in [0.5, 0.6) is 0 Å². The summed E-state index contributed by atoms with van der Waals surface area (Å²) in [7, 11) is 0. The molecule has 0 aromatic heterocycles. The summed E-state index contributed by atoms with van der Waals surface area (Å²) in [5, 5.41) is 3.18. The zero-order valence-electron chi connectivity index (χ0n) is 12.1. The summed E-state index contributed by atoms with van der Waals surface area (Å²) in [6, 6.07) is 0. The first-order chi connectivity index (χ1) is 9.33. The van der Waals surface area contributed by atoms with Crippen LogP contribution < -0.4 is 5.32 Å². The molecule has 3 rings (SSSR count). The Bertz CT molecular complexity index is 312. The zero-order valence-corrected chi connectivity index (χ0v) is 12.1. The molecule has 1 heterocycles. The number of nitrogens with zero attached hydrogens (tertiary/aromatic N) is 1. The Labute approximate surface area is 117 Å². The lowest BCUT2D eigenvalue weighted by molar-refractivity contribution is -0.126. The van der Waals surface area contributed by atoms with Crippen LogP contribution in [-0.2, 0) is 4.79 Å². The van der Waals surface area contributed by atoms with Crippen molar-refractivity contribution in [2.45, 2.75) is 51.4 Å². The third-order valence-corrected chi connectivity index (χ3v) is 5.47. The number of carbonyl (C=O) groups excluding carboxylic acids is 1. The fourth-order valence-corrected chi connectivity index (χ4v) is 4.39. The van der Waals surface area contributed by atoms with Crippen LogP contribution in [0.1, 0.15) is 51.4 Å². The second kappa shape index (κ2) is 6.25. The molecule has 0 aromatic rings. The molecule has 2 saturated carbocycles. The van der Waals surface area contributed by atoms with Gasteiger partial charge in [-0.3, -0.25) is 4.79 Å². The van der Waals surface area contributed by atoms with Gasteiger partial charge in [-0.25, -0.2) is 0 Å². The van der Waals surface area contributed by atoms with Gasteiger partial charge < -0.3 is 10.2 Å². The number of hydrogen-bond donors (Lipinski definition) is 1. The van der Waals surface area contributed by atoms with Crippen molar-refractivity contribution in [1.29, 1.82) is 0 Å². The number of hydrogen-bond acceptors (Lipinski definition) is 2. The minimum absolute atomic E-state index is 0.353. The third kappa shape index (κ3) is 3.31. The molecule has 2 bridgehead atoms. The summed E-state index contributed by atoms with van der Waals surface area (Å²) in [6.45, 7) is 4.57. The van der Waals surface area contributed by atoms with E-state index in [0.717, 1.165) is 25.4 Å². The normalized spacial score (nSPS) is 34.6. The summed E-state index contributed by atoms with van der Waals surface area (Å²) in [4.78, 5) is 14.7. The standard InChI is InChI=1S/C16H28N2O/c19-16(15-12-13-5-6-14(15)11-13)17-7-4-10-18-8-2-1-3-9-18/h13-15H,1-12H2,(H,17,19). The van der Waals surface area contributed by atoms with E-state index in [1.165, 1.54) is 58.0 Å². The number of likely N-dealkylation sites (tertiary alicyclic amines) is 1. The maximum Gasteiger partial charge on any atom is 0.223 e. The quantitative estimate of drug-likeness (QED) is 0.773. The van der Waals surface area contributed by atoms with Crippen LogP contribution in [0, 0.1) is 17.8 Å². The monoisotopic (exact) mass is 264 g/mol. The van der Waals surface area contributed by atoms with Crippen molar-refractivity contribution in [3.8, 4) is 0 Å². The molecule has 0 aromatic carbocycles. The Balaban J connectivity index is 1.30. The Morgan fingerprint density at radius 3 is 2.63 bits per heavy atom. The van der Waals surface area contributed by atoms with Gasteiger partial charge in [0.25, 0.3) is 0 Å². The first kappa shape index (κ1) is 13.4. The smallest absolute Gasteiger partial charge is 0.223 e. The first-order valence-corrected chi connectivity index (χ1v) is 8.33. The molecular formula is C16H28N2O. The Morgan fingerprint density at radius 1 is 1.11 bits per heavy atom. The van der Waals surface area contributed by atoms with E-state index in [-0.39, 0.29) is 0 Å². The molecule has 3 nitrogen and oxygen atoms in total. The zero-order chi connectivity index (χ0) is 13.1. The van der Waals surface area contributed by atoms with Crippen LogP contribution >= 0.6 is 0 Å². The lowest BCUT2D eigenvalue weighted by Gasteiger charge is -2.26. The minimum Gasteiger partial charge on any atom is -0.356 e. The lowest BCUT2D eigenvalue weighted by atomic mass is 9.88. The van der Waals surface area contributed by atoms with Crippen LogP contribution in [0.15, 0.2) is 0 Å². The topological polar surface area (TPSA) is 32.3 Å². The molecule has 3 atom stereocenters. The number of amides is 1. The Hall–Kier alpha value is -0.570. The summed E-state index contributed by atoms with van der Waals surface area (Å²) >= 11 is 0. The highest BCUT2D eigenvalue weighted by Crippen LogP contribution is 2.48. The van der Waals surface area contributed by atoms with Gasteiger partial charge in [0.05, 0.1) is 0 Å². The van der Waals surface area contributed by atoms with Crippen molar-refractivity contribution >= 4 is 5.91 Å². The summed E-state index contributed by atoms with van der Waals surface area (Å²) in [5.41, 5.74) is 0. The van der Waals surface area contributed by atoms with Gasteiger partial charge >= 0.3 is 0 Å². The molecule has 1 saturated heterocycles. The van der Waals surface area contributed by atoms with Gasteiger partial charge in [0.1, 0.15) is 0 Å². The molecule has 1 aliphatic heterocycles. The molecule has 3 unspecified atom stereocenters. The van der Waals surface area contributed by atoms with Crippen molar-refractivity contribution in [3.05, 3.63) is 0 Å². The van der Waals surface area contributed by atoms with Gasteiger partial charge in [0.15, 0.2) is 0 Å². The highest BCUT2D eigenvalue weighted by Gasteiger charge is 2.42. The third-order valence-electron chi connectivity index (χ3n) is 5.47. The maximum absolute atomic E-state index is 12.2. The van der Waals surface area contributed by atoms with E-state index in [1.807, 2.05) is 0 Å². The fourth-order valence-electron chi connectivity index (χ4n) is 4.39. The van der Waals surface area contributed by atoms with E-state index in [9.17, 15) is 4.79 Å². The Morgan fingerprint density at radius 2 is 1.95 bits per heavy atom. The molecule has 19 heavy (non-hydrogen) atoms. The average molecular weight is 264 g/mol. The molecule has 3 aliphatic rings. The number of rotatable bonds is 5. The number of fused-ring (bicyclic) bond motifs is 2. The van der Waals surface area contributed by atoms with E-state index in [4.69, 9.17) is 0 Å². The van der Waals surface area contributed by atoms with Gasteiger partial charge in [0, 0.05) is 12.5 Å². The van der Waals surface area contributed by atoms with Crippen LogP contribution in [0.3, 0.4) is 0 Å². The molecule has 1 N–H and O–H groups in total. The summed E-state index contributed by atoms with van der Waals surface area (Å²) in [5.74, 6) is 2.29. The maximum atomic E-state index is 12.2. The van der Waals surface area contributed by atoms with Gasteiger partial charge in [-0.1, -0.05) is 12.8 Å². The molecule has 0 radical (unpaired) electrons. The highest BCUT2D eigenvalue weighted by molar-refractivity contribution is 5.79. The van der Waals surface area contributed by atoms with Crippen molar-refractivity contribution in [3.63, 3.8) is 0 Å². The summed E-state index contributed by atoms with van der Waals surface area (Å²) in [6.07, 6.45) is 10.4. The predicted molar refractivity (Wildman–Crippen MR) is 76.9 cm³/mol. The summed E-state index contributed by atoms with van der Waals surface area (Å²) < 4.78 is 0. The van der Waals surface area contributed by atoms with Gasteiger partial charge in [-0.2, -0.15) is 0 Å². The van der Waals surface area contributed by atoms with Crippen LogP contribution in [0.4, 0.5) is 0 Å². The van der Waals surface area contributed by atoms with Crippen molar-refractivity contribution in [2.75, 3.05) is 26.2 Å². The molecule has 2 aliphatic carbocycles. The molecule has 108 valence electrons. The van der Waals surface area contributed by atoms with Crippen LogP contribution in [-0.4, -0.2) is 37.0 Å². The van der Waals surface area contributed by atoms with Gasteiger partial charge in [0.2, 0.25) is 5.91 Å². The van der Waals surface area contributed by atoms with Crippen molar-refractivity contribution in [1.82, 2.24) is 10.2 Å². The molecule has 3 heteroatoms. The first-order valence-electron chi connectivity index (χ1n) is 8.33. The van der Waals surface area contributed by atoms with Gasteiger partial charge in [-0.15, -0.1) is 0 Å². The largest absolute Gasteiger partial charge is 0.356 e. The van der Waals surface area contributed by atoms with E-state index in [0.29, 0.717) is 17.7 Å². The van der Waals surface area contributed by atoms with E-state index in [1.54, 1.807) is 0 Å².